The number of guanidine groups is 1. The van der Waals surface area contributed by atoms with Crippen molar-refractivity contribution in [2.24, 2.45) is 10.9 Å². The van der Waals surface area contributed by atoms with Crippen LogP contribution in [0.1, 0.15) is 12.0 Å². The zero-order valence-electron chi connectivity index (χ0n) is 13.5. The fourth-order valence-electron chi connectivity index (χ4n) is 2.61. The fraction of sp³-hybridized carbons (Fsp3) is 0.562. The van der Waals surface area contributed by atoms with Gasteiger partial charge in [0.05, 0.1) is 13.7 Å². The number of rotatable bonds is 5. The molecule has 1 aliphatic heterocycles. The molecule has 124 valence electrons. The van der Waals surface area contributed by atoms with Crippen LogP contribution in [0.25, 0.3) is 0 Å². The third kappa shape index (κ3) is 5.31. The summed E-state index contributed by atoms with van der Waals surface area (Å²) >= 11 is 0. The molecule has 1 aromatic rings. The van der Waals surface area contributed by atoms with Gasteiger partial charge in [-0.05, 0) is 12.5 Å². The van der Waals surface area contributed by atoms with E-state index in [1.54, 1.807) is 7.11 Å². The summed E-state index contributed by atoms with van der Waals surface area (Å²) in [6, 6.07) is 8.02. The van der Waals surface area contributed by atoms with Crippen LogP contribution < -0.4 is 10.1 Å². The van der Waals surface area contributed by atoms with Crippen LogP contribution >= 0.6 is 24.0 Å². The summed E-state index contributed by atoms with van der Waals surface area (Å²) in [6.45, 7) is 3.40. The lowest BCUT2D eigenvalue weighted by Crippen LogP contribution is -2.41. The first-order valence-corrected chi connectivity index (χ1v) is 7.36. The summed E-state index contributed by atoms with van der Waals surface area (Å²) in [5, 5.41) is 3.39. The summed E-state index contributed by atoms with van der Waals surface area (Å²) in [5.41, 5.74) is 1.12. The Morgan fingerprint density at radius 3 is 2.86 bits per heavy atom. The van der Waals surface area contributed by atoms with E-state index in [1.165, 1.54) is 0 Å². The predicted molar refractivity (Wildman–Crippen MR) is 100 cm³/mol. The molecule has 1 unspecified atom stereocenters. The monoisotopic (exact) mass is 419 g/mol. The number of nitrogens with zero attached hydrogens (tertiary/aromatic N) is 2. The molecule has 0 aliphatic carbocycles. The Morgan fingerprint density at radius 1 is 1.45 bits per heavy atom. The SMILES string of the molecule is CN=C(NCc1ccccc1OC)N(C)CC1CCOC1.I. The number of benzene rings is 1. The fourth-order valence-corrected chi connectivity index (χ4v) is 2.61. The molecule has 22 heavy (non-hydrogen) atoms. The smallest absolute Gasteiger partial charge is 0.193 e. The second-order valence-corrected chi connectivity index (χ2v) is 5.32. The zero-order valence-corrected chi connectivity index (χ0v) is 15.9. The quantitative estimate of drug-likeness (QED) is 0.452. The maximum atomic E-state index is 5.43. The third-order valence-electron chi connectivity index (χ3n) is 3.76. The third-order valence-corrected chi connectivity index (χ3v) is 3.76. The van der Waals surface area contributed by atoms with Gasteiger partial charge in [-0.25, -0.2) is 0 Å². The molecule has 5 nitrogen and oxygen atoms in total. The predicted octanol–water partition coefficient (Wildman–Crippen LogP) is 2.36. The molecule has 0 saturated carbocycles. The van der Waals surface area contributed by atoms with E-state index in [4.69, 9.17) is 9.47 Å². The molecule has 0 aromatic heterocycles. The van der Waals surface area contributed by atoms with Crippen LogP contribution in [-0.4, -0.2) is 51.8 Å². The van der Waals surface area contributed by atoms with E-state index in [9.17, 15) is 0 Å². The molecule has 1 N–H and O–H groups in total. The van der Waals surface area contributed by atoms with Crippen LogP contribution in [-0.2, 0) is 11.3 Å². The van der Waals surface area contributed by atoms with Gasteiger partial charge >= 0.3 is 0 Å². The van der Waals surface area contributed by atoms with Crippen LogP contribution in [0, 0.1) is 5.92 Å². The Morgan fingerprint density at radius 2 is 2.23 bits per heavy atom. The lowest BCUT2D eigenvalue weighted by molar-refractivity contribution is 0.181. The molecule has 1 aromatic carbocycles. The molecule has 0 radical (unpaired) electrons. The minimum Gasteiger partial charge on any atom is -0.496 e. The molecular weight excluding hydrogens is 393 g/mol. The highest BCUT2D eigenvalue weighted by molar-refractivity contribution is 14.0. The Labute approximate surface area is 150 Å². The van der Waals surface area contributed by atoms with Gasteiger partial charge in [0.25, 0.3) is 0 Å². The van der Waals surface area contributed by atoms with Gasteiger partial charge in [-0.15, -0.1) is 24.0 Å². The van der Waals surface area contributed by atoms with E-state index in [0.29, 0.717) is 12.5 Å². The number of hydrogen-bond acceptors (Lipinski definition) is 3. The van der Waals surface area contributed by atoms with Crippen molar-refractivity contribution in [3.8, 4) is 5.75 Å². The van der Waals surface area contributed by atoms with Crippen molar-refractivity contribution in [1.29, 1.82) is 0 Å². The van der Waals surface area contributed by atoms with Gasteiger partial charge < -0.3 is 19.7 Å². The van der Waals surface area contributed by atoms with Crippen molar-refractivity contribution >= 4 is 29.9 Å². The number of hydrogen-bond donors (Lipinski definition) is 1. The maximum Gasteiger partial charge on any atom is 0.193 e. The van der Waals surface area contributed by atoms with Crippen molar-refractivity contribution in [3.05, 3.63) is 29.8 Å². The van der Waals surface area contributed by atoms with Crippen LogP contribution in [0.4, 0.5) is 0 Å². The van der Waals surface area contributed by atoms with Gasteiger partial charge in [-0.3, -0.25) is 4.99 Å². The van der Waals surface area contributed by atoms with Gasteiger partial charge in [0, 0.05) is 45.3 Å². The van der Waals surface area contributed by atoms with Crippen molar-refractivity contribution in [3.63, 3.8) is 0 Å². The Bertz CT molecular complexity index is 476. The summed E-state index contributed by atoms with van der Waals surface area (Å²) < 4.78 is 10.8. The van der Waals surface area contributed by atoms with E-state index >= 15 is 0 Å². The molecule has 2 rings (SSSR count). The number of halogens is 1. The van der Waals surface area contributed by atoms with E-state index in [0.717, 1.165) is 43.5 Å². The summed E-state index contributed by atoms with van der Waals surface area (Å²) in [6.07, 6.45) is 1.13. The first kappa shape index (κ1) is 19.0. The molecule has 1 saturated heterocycles. The molecule has 0 amide bonds. The minimum atomic E-state index is 0. The molecule has 1 atom stereocenters. The second-order valence-electron chi connectivity index (χ2n) is 5.32. The molecular formula is C16H26IN3O2. The van der Waals surface area contributed by atoms with Crippen LogP contribution in [0.2, 0.25) is 0 Å². The highest BCUT2D eigenvalue weighted by atomic mass is 127. The van der Waals surface area contributed by atoms with Crippen molar-refractivity contribution < 1.29 is 9.47 Å². The average Bonchev–Trinajstić information content (AvgIpc) is 3.01. The highest BCUT2D eigenvalue weighted by Gasteiger charge is 2.19. The van der Waals surface area contributed by atoms with E-state index < -0.39 is 0 Å². The van der Waals surface area contributed by atoms with Gasteiger partial charge in [-0.1, -0.05) is 18.2 Å². The average molecular weight is 419 g/mol. The van der Waals surface area contributed by atoms with Crippen LogP contribution in [0.5, 0.6) is 5.75 Å². The number of para-hydroxylation sites is 1. The van der Waals surface area contributed by atoms with Crippen molar-refractivity contribution in [2.75, 3.05) is 41.0 Å². The molecule has 0 spiro atoms. The molecule has 1 heterocycles. The zero-order chi connectivity index (χ0) is 15.1. The van der Waals surface area contributed by atoms with E-state index in [-0.39, 0.29) is 24.0 Å². The topological polar surface area (TPSA) is 46.1 Å². The molecule has 6 heteroatoms. The number of aliphatic imine (C=N–C) groups is 1. The van der Waals surface area contributed by atoms with Crippen LogP contribution in [0.3, 0.4) is 0 Å². The van der Waals surface area contributed by atoms with Crippen LogP contribution in [0.15, 0.2) is 29.3 Å². The first-order chi connectivity index (χ1) is 10.2. The molecule has 1 aliphatic rings. The normalized spacial score (nSPS) is 17.8. The van der Waals surface area contributed by atoms with E-state index in [1.807, 2.05) is 25.2 Å². The van der Waals surface area contributed by atoms with Gasteiger partial charge in [-0.2, -0.15) is 0 Å². The number of methoxy groups -OCH3 is 1. The molecule has 0 bridgehead atoms. The summed E-state index contributed by atoms with van der Waals surface area (Å²) in [4.78, 5) is 6.51. The summed E-state index contributed by atoms with van der Waals surface area (Å²) in [7, 11) is 5.57. The Kier molecular flexibility index (Phi) is 8.55. The Hall–Kier alpha value is -1.02. The number of nitrogens with one attached hydrogen (secondary N) is 1. The lowest BCUT2D eigenvalue weighted by Gasteiger charge is -2.24. The molecule has 1 fully saturated rings. The first-order valence-electron chi connectivity index (χ1n) is 7.36. The van der Waals surface area contributed by atoms with Gasteiger partial charge in [0.15, 0.2) is 5.96 Å². The second kappa shape index (κ2) is 9.89. The standard InChI is InChI=1S/C16H25N3O2.HI/c1-17-16(19(2)11-13-8-9-21-12-13)18-10-14-6-4-5-7-15(14)20-3;/h4-7,13H,8-12H2,1-3H3,(H,17,18);1H. The number of ether oxygens (including phenoxy) is 2. The minimum absolute atomic E-state index is 0. The van der Waals surface area contributed by atoms with Crippen molar-refractivity contribution in [2.45, 2.75) is 13.0 Å². The maximum absolute atomic E-state index is 5.43. The lowest BCUT2D eigenvalue weighted by atomic mass is 10.1. The summed E-state index contributed by atoms with van der Waals surface area (Å²) in [5.74, 6) is 2.39. The largest absolute Gasteiger partial charge is 0.496 e. The van der Waals surface area contributed by atoms with Crippen molar-refractivity contribution in [1.82, 2.24) is 10.2 Å². The highest BCUT2D eigenvalue weighted by Crippen LogP contribution is 2.17. The van der Waals surface area contributed by atoms with Gasteiger partial charge in [0.1, 0.15) is 5.75 Å². The van der Waals surface area contributed by atoms with E-state index in [2.05, 4.69) is 28.3 Å². The van der Waals surface area contributed by atoms with Gasteiger partial charge in [0.2, 0.25) is 0 Å². The Balaban J connectivity index is 0.00000242.